The van der Waals surface area contributed by atoms with E-state index in [-0.39, 0.29) is 11.9 Å². The topological polar surface area (TPSA) is 73.0 Å². The molecule has 21 heavy (non-hydrogen) atoms. The van der Waals surface area contributed by atoms with Gasteiger partial charge in [-0.05, 0) is 19.9 Å². The number of nitrogens with zero attached hydrogens (tertiary/aromatic N) is 3. The van der Waals surface area contributed by atoms with Crippen molar-refractivity contribution in [1.29, 1.82) is 0 Å². The third-order valence-corrected chi connectivity index (χ3v) is 5.62. The van der Waals surface area contributed by atoms with Gasteiger partial charge in [-0.3, -0.25) is 4.79 Å². The fourth-order valence-electron chi connectivity index (χ4n) is 2.79. The summed E-state index contributed by atoms with van der Waals surface area (Å²) in [6.45, 7) is 4.88. The second-order valence-electron chi connectivity index (χ2n) is 6.00. The fourth-order valence-corrected chi connectivity index (χ4v) is 3.66. The predicted octanol–water partition coefficient (Wildman–Crippen LogP) is -1.23. The number of nitrogens with one attached hydrogen (secondary N) is 1. The van der Waals surface area contributed by atoms with E-state index in [1.165, 1.54) is 10.6 Å². The lowest BCUT2D eigenvalue weighted by atomic mass is 10.1. The molecule has 2 aliphatic heterocycles. The molecule has 0 aromatic rings. The SMILES string of the molecule is CN1CCN(C(=O)CNC2CCN(S(C)(=O)=O)CC2)CC1. The Kier molecular flexibility index (Phi) is 5.59. The van der Waals surface area contributed by atoms with Crippen LogP contribution in [0.5, 0.6) is 0 Å². The van der Waals surface area contributed by atoms with Crippen LogP contribution >= 0.6 is 0 Å². The number of rotatable bonds is 4. The number of carbonyl (C=O) groups excluding carboxylic acids is 1. The average molecular weight is 318 g/mol. The van der Waals surface area contributed by atoms with Gasteiger partial charge in [0.15, 0.2) is 0 Å². The van der Waals surface area contributed by atoms with Crippen LogP contribution in [-0.4, -0.2) is 93.6 Å². The zero-order valence-corrected chi connectivity index (χ0v) is 13.7. The summed E-state index contributed by atoms with van der Waals surface area (Å²) in [5, 5.41) is 3.28. The van der Waals surface area contributed by atoms with Gasteiger partial charge in [0.1, 0.15) is 0 Å². The van der Waals surface area contributed by atoms with E-state index < -0.39 is 10.0 Å². The molecular weight excluding hydrogens is 292 g/mol. The van der Waals surface area contributed by atoms with Crippen molar-refractivity contribution in [3.05, 3.63) is 0 Å². The Bertz CT molecular complexity index is 452. The summed E-state index contributed by atoms with van der Waals surface area (Å²) >= 11 is 0. The molecule has 0 aliphatic carbocycles. The van der Waals surface area contributed by atoms with Gasteiger partial charge in [0.25, 0.3) is 0 Å². The van der Waals surface area contributed by atoms with Gasteiger partial charge in [-0.25, -0.2) is 12.7 Å². The molecule has 0 aromatic carbocycles. The van der Waals surface area contributed by atoms with Crippen molar-refractivity contribution in [1.82, 2.24) is 19.4 Å². The van der Waals surface area contributed by atoms with E-state index in [0.717, 1.165) is 39.0 Å². The third-order valence-electron chi connectivity index (χ3n) is 4.32. The molecule has 8 heteroatoms. The van der Waals surface area contributed by atoms with Crippen LogP contribution in [0.15, 0.2) is 0 Å². The molecule has 0 unspecified atom stereocenters. The Morgan fingerprint density at radius 1 is 1.10 bits per heavy atom. The molecule has 0 aromatic heterocycles. The maximum absolute atomic E-state index is 12.1. The van der Waals surface area contributed by atoms with Crippen molar-refractivity contribution >= 4 is 15.9 Å². The molecular formula is C13H26N4O3S. The number of hydrogen-bond acceptors (Lipinski definition) is 5. The highest BCUT2D eigenvalue weighted by molar-refractivity contribution is 7.88. The molecule has 0 atom stereocenters. The largest absolute Gasteiger partial charge is 0.339 e. The molecule has 2 aliphatic rings. The zero-order valence-electron chi connectivity index (χ0n) is 12.9. The lowest BCUT2D eigenvalue weighted by Crippen LogP contribution is -2.51. The normalized spacial score (nSPS) is 23.4. The summed E-state index contributed by atoms with van der Waals surface area (Å²) in [6.07, 6.45) is 2.78. The summed E-state index contributed by atoms with van der Waals surface area (Å²) in [5.74, 6) is 0.147. The van der Waals surface area contributed by atoms with Crippen LogP contribution in [0.2, 0.25) is 0 Å². The number of likely N-dealkylation sites (N-methyl/N-ethyl adjacent to an activating group) is 1. The average Bonchev–Trinajstić information content (AvgIpc) is 2.45. The fraction of sp³-hybridized carbons (Fsp3) is 0.923. The first-order chi connectivity index (χ1) is 9.86. The van der Waals surface area contributed by atoms with Crippen molar-refractivity contribution in [2.45, 2.75) is 18.9 Å². The molecule has 1 amide bonds. The summed E-state index contributed by atoms with van der Waals surface area (Å²) in [5.41, 5.74) is 0. The molecule has 2 fully saturated rings. The molecule has 0 bridgehead atoms. The molecule has 0 radical (unpaired) electrons. The highest BCUT2D eigenvalue weighted by Crippen LogP contribution is 2.13. The van der Waals surface area contributed by atoms with Gasteiger partial charge in [-0.1, -0.05) is 0 Å². The van der Waals surface area contributed by atoms with E-state index in [1.807, 2.05) is 4.90 Å². The second-order valence-corrected chi connectivity index (χ2v) is 7.98. The van der Waals surface area contributed by atoms with Gasteiger partial charge in [-0.2, -0.15) is 0 Å². The summed E-state index contributed by atoms with van der Waals surface area (Å²) < 4.78 is 24.4. The first kappa shape index (κ1) is 16.7. The van der Waals surface area contributed by atoms with Crippen molar-refractivity contribution in [2.24, 2.45) is 0 Å². The Labute approximate surface area is 127 Å². The predicted molar refractivity (Wildman–Crippen MR) is 81.5 cm³/mol. The minimum absolute atomic E-state index is 0.147. The van der Waals surface area contributed by atoms with Crippen LogP contribution in [0.1, 0.15) is 12.8 Å². The van der Waals surface area contributed by atoms with Crippen LogP contribution < -0.4 is 5.32 Å². The molecule has 2 saturated heterocycles. The first-order valence-corrected chi connectivity index (χ1v) is 9.36. The summed E-state index contributed by atoms with van der Waals surface area (Å²) in [6, 6.07) is 0.236. The van der Waals surface area contributed by atoms with Gasteiger partial charge in [0, 0.05) is 45.3 Å². The number of carbonyl (C=O) groups is 1. The minimum atomic E-state index is -3.08. The van der Waals surface area contributed by atoms with E-state index in [4.69, 9.17) is 0 Å². The van der Waals surface area contributed by atoms with Gasteiger partial charge in [-0.15, -0.1) is 0 Å². The van der Waals surface area contributed by atoms with Gasteiger partial charge in [0.2, 0.25) is 15.9 Å². The van der Waals surface area contributed by atoms with E-state index in [9.17, 15) is 13.2 Å². The molecule has 122 valence electrons. The van der Waals surface area contributed by atoms with Gasteiger partial charge in [0.05, 0.1) is 12.8 Å². The van der Waals surface area contributed by atoms with E-state index in [2.05, 4.69) is 17.3 Å². The van der Waals surface area contributed by atoms with Crippen molar-refractivity contribution in [3.8, 4) is 0 Å². The first-order valence-electron chi connectivity index (χ1n) is 7.51. The monoisotopic (exact) mass is 318 g/mol. The Morgan fingerprint density at radius 3 is 2.19 bits per heavy atom. The number of hydrogen-bond donors (Lipinski definition) is 1. The lowest BCUT2D eigenvalue weighted by molar-refractivity contribution is -0.132. The molecule has 2 heterocycles. The van der Waals surface area contributed by atoms with Gasteiger partial charge < -0.3 is 15.1 Å². The van der Waals surface area contributed by atoms with Gasteiger partial charge >= 0.3 is 0 Å². The standard InChI is InChI=1S/C13H26N4O3S/c1-15-7-9-16(10-8-15)13(18)11-14-12-3-5-17(6-4-12)21(2,19)20/h12,14H,3-11H2,1-2H3. The number of piperazine rings is 1. The molecule has 0 spiro atoms. The molecule has 0 saturated carbocycles. The number of sulfonamides is 1. The van der Waals surface area contributed by atoms with Crippen LogP contribution in [0.4, 0.5) is 0 Å². The van der Waals surface area contributed by atoms with E-state index in [0.29, 0.717) is 19.6 Å². The Morgan fingerprint density at radius 2 is 1.67 bits per heavy atom. The van der Waals surface area contributed by atoms with Crippen molar-refractivity contribution < 1.29 is 13.2 Å². The minimum Gasteiger partial charge on any atom is -0.339 e. The maximum Gasteiger partial charge on any atom is 0.236 e. The van der Waals surface area contributed by atoms with Crippen LogP contribution in [0, 0.1) is 0 Å². The maximum atomic E-state index is 12.1. The Hall–Kier alpha value is -0.700. The second kappa shape index (κ2) is 7.04. The zero-order chi connectivity index (χ0) is 15.5. The van der Waals surface area contributed by atoms with Crippen LogP contribution in [0.25, 0.3) is 0 Å². The Balaban J connectivity index is 1.69. The quantitative estimate of drug-likeness (QED) is 0.703. The lowest BCUT2D eigenvalue weighted by Gasteiger charge is -2.34. The molecule has 7 nitrogen and oxygen atoms in total. The highest BCUT2D eigenvalue weighted by Gasteiger charge is 2.25. The van der Waals surface area contributed by atoms with Crippen LogP contribution in [0.3, 0.4) is 0 Å². The smallest absolute Gasteiger partial charge is 0.236 e. The molecule has 2 rings (SSSR count). The van der Waals surface area contributed by atoms with Crippen molar-refractivity contribution in [2.75, 3.05) is 59.1 Å². The summed E-state index contributed by atoms with van der Waals surface area (Å²) in [4.78, 5) is 16.2. The number of amides is 1. The van der Waals surface area contributed by atoms with Crippen molar-refractivity contribution in [3.63, 3.8) is 0 Å². The highest BCUT2D eigenvalue weighted by atomic mass is 32.2. The molecule has 1 N–H and O–H groups in total. The van der Waals surface area contributed by atoms with E-state index >= 15 is 0 Å². The number of piperidine rings is 1. The summed E-state index contributed by atoms with van der Waals surface area (Å²) in [7, 11) is -1.01. The van der Waals surface area contributed by atoms with Crippen LogP contribution in [-0.2, 0) is 14.8 Å². The third kappa shape index (κ3) is 4.91. The van der Waals surface area contributed by atoms with E-state index in [1.54, 1.807) is 0 Å².